The highest BCUT2D eigenvalue weighted by molar-refractivity contribution is 5.92. The first-order valence-electron chi connectivity index (χ1n) is 7.99. The van der Waals surface area contributed by atoms with Crippen LogP contribution in [0.3, 0.4) is 0 Å². The average Bonchev–Trinajstić information content (AvgIpc) is 2.66. The Morgan fingerprint density at radius 2 is 1.68 bits per heavy atom. The standard InChI is InChI=1S/C12H12F2N2O2.C8H8O2/c13-9-1-3-11(4-2-9)18-7-8(12(16)17)5-10(14)6-15;1-6-2-4-7(5-3-6)8(9)10/h1-6H,7,15H2,(H2,16,17);2-5H,1H3,(H,9,10)/b8-5+,10-6+;. The Balaban J connectivity index is 0.000000330. The summed E-state index contributed by atoms with van der Waals surface area (Å²) >= 11 is 0. The van der Waals surface area contributed by atoms with E-state index >= 15 is 0 Å². The van der Waals surface area contributed by atoms with Crippen molar-refractivity contribution < 1.29 is 28.2 Å². The lowest BCUT2D eigenvalue weighted by Crippen LogP contribution is -2.19. The predicted molar refractivity (Wildman–Crippen MR) is 101 cm³/mol. The highest BCUT2D eigenvalue weighted by Gasteiger charge is 2.07. The third-order valence-electron chi connectivity index (χ3n) is 3.29. The number of aromatic carboxylic acids is 1. The second-order valence-electron chi connectivity index (χ2n) is 5.50. The second kappa shape index (κ2) is 11.1. The first-order valence-corrected chi connectivity index (χ1v) is 7.99. The van der Waals surface area contributed by atoms with Gasteiger partial charge in [-0.25, -0.2) is 13.6 Å². The number of aryl methyl sites for hydroxylation is 1. The van der Waals surface area contributed by atoms with Gasteiger partial charge in [0.25, 0.3) is 0 Å². The highest BCUT2D eigenvalue weighted by Crippen LogP contribution is 2.13. The molecule has 0 heterocycles. The Bertz CT molecular complexity index is 861. The van der Waals surface area contributed by atoms with E-state index in [2.05, 4.69) is 0 Å². The maximum absolute atomic E-state index is 12.9. The van der Waals surface area contributed by atoms with E-state index in [0.717, 1.165) is 11.6 Å². The van der Waals surface area contributed by atoms with Gasteiger partial charge in [-0.1, -0.05) is 17.7 Å². The predicted octanol–water partition coefficient (Wildman–Crippen LogP) is 3.08. The molecule has 2 rings (SSSR count). The number of carbonyl (C=O) groups excluding carboxylic acids is 1. The number of carboxylic acid groups (broad SMARTS) is 1. The molecule has 6 nitrogen and oxygen atoms in total. The molecule has 2 aromatic carbocycles. The van der Waals surface area contributed by atoms with Gasteiger partial charge in [0, 0.05) is 6.20 Å². The molecule has 0 radical (unpaired) electrons. The second-order valence-corrected chi connectivity index (χ2v) is 5.50. The van der Waals surface area contributed by atoms with Crippen LogP contribution in [-0.4, -0.2) is 23.6 Å². The number of halogens is 2. The molecule has 0 bridgehead atoms. The van der Waals surface area contributed by atoms with Crippen LogP contribution in [0.25, 0.3) is 0 Å². The van der Waals surface area contributed by atoms with E-state index in [-0.39, 0.29) is 12.2 Å². The average molecular weight is 390 g/mol. The number of carbonyl (C=O) groups is 2. The van der Waals surface area contributed by atoms with Gasteiger partial charge in [0.2, 0.25) is 5.91 Å². The summed E-state index contributed by atoms with van der Waals surface area (Å²) in [4.78, 5) is 21.3. The zero-order valence-electron chi connectivity index (χ0n) is 15.1. The van der Waals surface area contributed by atoms with Gasteiger partial charge >= 0.3 is 5.97 Å². The minimum atomic E-state index is -0.875. The van der Waals surface area contributed by atoms with Gasteiger partial charge in [0.15, 0.2) is 0 Å². The fourth-order valence-corrected chi connectivity index (χ4v) is 1.79. The molecule has 2 aromatic rings. The van der Waals surface area contributed by atoms with Crippen molar-refractivity contribution in [1.82, 2.24) is 0 Å². The van der Waals surface area contributed by atoms with Crippen molar-refractivity contribution in [2.75, 3.05) is 6.61 Å². The van der Waals surface area contributed by atoms with Gasteiger partial charge < -0.3 is 21.3 Å². The van der Waals surface area contributed by atoms with E-state index in [1.165, 1.54) is 24.3 Å². The number of rotatable bonds is 6. The Hall–Kier alpha value is -3.68. The van der Waals surface area contributed by atoms with E-state index in [1.54, 1.807) is 24.3 Å². The molecule has 0 aromatic heterocycles. The molecule has 0 aliphatic rings. The van der Waals surface area contributed by atoms with E-state index in [1.807, 2.05) is 6.92 Å². The molecule has 8 heteroatoms. The molecule has 0 aliphatic heterocycles. The van der Waals surface area contributed by atoms with Crippen LogP contribution in [0.1, 0.15) is 15.9 Å². The van der Waals surface area contributed by atoms with Crippen LogP contribution in [0, 0.1) is 12.7 Å². The molecular weight excluding hydrogens is 370 g/mol. The molecule has 28 heavy (non-hydrogen) atoms. The molecule has 0 spiro atoms. The van der Waals surface area contributed by atoms with Crippen LogP contribution < -0.4 is 16.2 Å². The quantitative estimate of drug-likeness (QED) is 0.518. The Morgan fingerprint density at radius 3 is 2.14 bits per heavy atom. The molecule has 148 valence electrons. The van der Waals surface area contributed by atoms with Crippen LogP contribution in [0.5, 0.6) is 5.75 Å². The number of hydrogen-bond donors (Lipinski definition) is 3. The van der Waals surface area contributed by atoms with E-state index in [4.69, 9.17) is 21.3 Å². The third-order valence-corrected chi connectivity index (χ3v) is 3.29. The summed E-state index contributed by atoms with van der Waals surface area (Å²) < 4.78 is 30.6. The minimum absolute atomic E-state index is 0.0847. The largest absolute Gasteiger partial charge is 0.489 e. The van der Waals surface area contributed by atoms with Crippen LogP contribution in [0.15, 0.2) is 72.2 Å². The lowest BCUT2D eigenvalue weighted by Gasteiger charge is -2.07. The zero-order chi connectivity index (χ0) is 21.1. The number of amides is 1. The van der Waals surface area contributed by atoms with Crippen molar-refractivity contribution in [3.05, 3.63) is 89.2 Å². The molecule has 0 aliphatic carbocycles. The SMILES string of the molecule is Cc1ccc(C(=O)O)cc1.N/C=C(F)\C=C(/COc1ccc(F)cc1)C(N)=O. The summed E-state index contributed by atoms with van der Waals surface area (Å²) in [7, 11) is 0. The van der Waals surface area contributed by atoms with Crippen LogP contribution in [0.4, 0.5) is 8.78 Å². The highest BCUT2D eigenvalue weighted by atomic mass is 19.1. The third kappa shape index (κ3) is 8.13. The topological polar surface area (TPSA) is 116 Å². The number of primary amides is 1. The fourth-order valence-electron chi connectivity index (χ4n) is 1.79. The molecule has 0 saturated carbocycles. The number of hydrogen-bond acceptors (Lipinski definition) is 4. The summed E-state index contributed by atoms with van der Waals surface area (Å²) in [6.45, 7) is 1.69. The van der Waals surface area contributed by atoms with Gasteiger partial charge in [-0.3, -0.25) is 4.79 Å². The number of allylic oxidation sites excluding steroid dienone is 2. The summed E-state index contributed by atoms with van der Waals surface area (Å²) in [5.74, 6) is -2.58. The van der Waals surface area contributed by atoms with Crippen LogP contribution >= 0.6 is 0 Å². The Labute approximate surface area is 160 Å². The van der Waals surface area contributed by atoms with Crippen molar-refractivity contribution in [2.45, 2.75) is 6.92 Å². The molecule has 0 atom stereocenters. The maximum Gasteiger partial charge on any atom is 0.335 e. The lowest BCUT2D eigenvalue weighted by molar-refractivity contribution is -0.114. The van der Waals surface area contributed by atoms with E-state index in [9.17, 15) is 18.4 Å². The number of ether oxygens (including phenoxy) is 1. The summed E-state index contributed by atoms with van der Waals surface area (Å²) in [5, 5.41) is 8.48. The van der Waals surface area contributed by atoms with Gasteiger partial charge in [-0.05, 0) is 49.4 Å². The van der Waals surface area contributed by atoms with Crippen LogP contribution in [-0.2, 0) is 4.79 Å². The van der Waals surface area contributed by atoms with Gasteiger partial charge in [-0.15, -0.1) is 0 Å². The first-order chi connectivity index (χ1) is 13.2. The summed E-state index contributed by atoms with van der Waals surface area (Å²) in [6, 6.07) is 11.9. The fraction of sp³-hybridized carbons (Fsp3) is 0.100. The van der Waals surface area contributed by atoms with Crippen molar-refractivity contribution in [1.29, 1.82) is 0 Å². The lowest BCUT2D eigenvalue weighted by atomic mass is 10.2. The summed E-state index contributed by atoms with van der Waals surface area (Å²) in [5.41, 5.74) is 11.3. The summed E-state index contributed by atoms with van der Waals surface area (Å²) in [6.07, 6.45) is 1.58. The molecule has 0 saturated heterocycles. The van der Waals surface area contributed by atoms with Gasteiger partial charge in [0.05, 0.1) is 11.1 Å². The molecule has 5 N–H and O–H groups in total. The van der Waals surface area contributed by atoms with Gasteiger partial charge in [0.1, 0.15) is 24.0 Å². The number of benzene rings is 2. The smallest absolute Gasteiger partial charge is 0.335 e. The van der Waals surface area contributed by atoms with Crippen molar-refractivity contribution in [2.24, 2.45) is 11.5 Å². The Kier molecular flexibility index (Phi) is 8.88. The molecular formula is C20H20F2N2O4. The van der Waals surface area contributed by atoms with Crippen molar-refractivity contribution in [3.8, 4) is 5.75 Å². The molecule has 0 fully saturated rings. The van der Waals surface area contributed by atoms with Gasteiger partial charge in [-0.2, -0.15) is 0 Å². The molecule has 0 unspecified atom stereocenters. The number of nitrogens with two attached hydrogens (primary N) is 2. The minimum Gasteiger partial charge on any atom is -0.489 e. The number of carboxylic acids is 1. The van der Waals surface area contributed by atoms with E-state index < -0.39 is 23.5 Å². The maximum atomic E-state index is 12.9. The van der Waals surface area contributed by atoms with Crippen LogP contribution in [0.2, 0.25) is 0 Å². The zero-order valence-corrected chi connectivity index (χ0v) is 15.1. The van der Waals surface area contributed by atoms with E-state index in [0.29, 0.717) is 17.5 Å². The van der Waals surface area contributed by atoms with Crippen molar-refractivity contribution >= 4 is 11.9 Å². The molecule has 1 amide bonds. The first kappa shape index (κ1) is 22.4. The normalized spacial score (nSPS) is 11.2. The van der Waals surface area contributed by atoms with Crippen molar-refractivity contribution in [3.63, 3.8) is 0 Å². The Morgan fingerprint density at radius 1 is 1.11 bits per heavy atom. The monoisotopic (exact) mass is 390 g/mol.